The van der Waals surface area contributed by atoms with E-state index in [2.05, 4.69) is 0 Å². The van der Waals surface area contributed by atoms with Gasteiger partial charge in [0.2, 0.25) is 0 Å². The molecule has 2 heterocycles. The second-order valence-corrected chi connectivity index (χ2v) is 7.40. The molecule has 2 aromatic rings. The van der Waals surface area contributed by atoms with Gasteiger partial charge in [-0.25, -0.2) is 9.59 Å². The average Bonchev–Trinajstić information content (AvgIpc) is 3.01. The Kier molecular flexibility index (Phi) is 4.18. The van der Waals surface area contributed by atoms with Crippen molar-refractivity contribution in [2.24, 2.45) is 7.05 Å². The van der Waals surface area contributed by atoms with Crippen molar-refractivity contribution in [2.45, 2.75) is 38.8 Å². The Morgan fingerprint density at radius 1 is 1.20 bits per heavy atom. The molecular weight excluding hydrogens is 322 g/mol. The lowest BCUT2D eigenvalue weighted by Gasteiger charge is -2.24. The number of hydrogen-bond donors (Lipinski definition) is 0. The smallest absolute Gasteiger partial charge is 0.410 e. The minimum absolute atomic E-state index is 0.294. The molecule has 0 unspecified atom stereocenters. The Morgan fingerprint density at radius 2 is 1.88 bits per heavy atom. The fraction of sp³-hybridized carbons (Fsp3) is 0.500. The third-order valence-electron chi connectivity index (χ3n) is 4.39. The molecule has 1 aliphatic rings. The van der Waals surface area contributed by atoms with E-state index in [1.165, 1.54) is 9.13 Å². The third kappa shape index (κ3) is 3.18. The zero-order valence-corrected chi connectivity index (χ0v) is 15.0. The first-order chi connectivity index (χ1) is 11.7. The average molecular weight is 345 g/mol. The number of carbonyl (C=O) groups excluding carboxylic acids is 1. The Hall–Kier alpha value is -2.57. The number of amides is 1. The van der Waals surface area contributed by atoms with E-state index in [0.717, 1.165) is 0 Å². The summed E-state index contributed by atoms with van der Waals surface area (Å²) in [5.41, 5.74) is -0.643. The van der Waals surface area contributed by atoms with Crippen molar-refractivity contribution in [1.29, 1.82) is 0 Å². The number of fused-ring (bicyclic) bond motifs is 1. The molecule has 25 heavy (non-hydrogen) atoms. The summed E-state index contributed by atoms with van der Waals surface area (Å²) in [5, 5.41) is 0.500. The lowest BCUT2D eigenvalue weighted by molar-refractivity contribution is 0.0288. The van der Waals surface area contributed by atoms with Crippen molar-refractivity contribution in [1.82, 2.24) is 14.0 Å². The lowest BCUT2D eigenvalue weighted by atomic mass is 10.2. The number of ether oxygens (including phenoxy) is 1. The van der Waals surface area contributed by atoms with Gasteiger partial charge in [0.05, 0.1) is 16.9 Å². The van der Waals surface area contributed by atoms with Gasteiger partial charge < -0.3 is 9.64 Å². The summed E-state index contributed by atoms with van der Waals surface area (Å²) in [5.74, 6) is 0. The molecule has 1 saturated heterocycles. The van der Waals surface area contributed by atoms with Crippen LogP contribution in [0.15, 0.2) is 33.9 Å². The van der Waals surface area contributed by atoms with Gasteiger partial charge in [0.15, 0.2) is 0 Å². The molecule has 1 aromatic carbocycles. The molecule has 0 bridgehead atoms. The molecule has 1 atom stereocenters. The zero-order valence-electron chi connectivity index (χ0n) is 15.0. The summed E-state index contributed by atoms with van der Waals surface area (Å²) in [7, 11) is 1.65. The summed E-state index contributed by atoms with van der Waals surface area (Å²) in [6, 6.07) is 6.70. The molecule has 3 rings (SSSR count). The number of para-hydroxylation sites is 1. The van der Waals surface area contributed by atoms with Crippen LogP contribution in [0.3, 0.4) is 0 Å². The SMILES string of the molecule is Cn1c(=O)n([C@@H]2CCN(C(=O)OC(C)(C)C)C2)c(=O)c2ccccc21. The number of aromatic nitrogens is 2. The summed E-state index contributed by atoms with van der Waals surface area (Å²) < 4.78 is 8.13. The van der Waals surface area contributed by atoms with Gasteiger partial charge in [-0.1, -0.05) is 12.1 Å². The number of aryl methyl sites for hydroxylation is 1. The predicted octanol–water partition coefficient (Wildman–Crippen LogP) is 1.88. The molecule has 1 aromatic heterocycles. The van der Waals surface area contributed by atoms with Crippen LogP contribution in [0, 0.1) is 0 Å². The van der Waals surface area contributed by atoms with Crippen molar-refractivity contribution in [3.8, 4) is 0 Å². The van der Waals surface area contributed by atoms with Gasteiger partial charge in [-0.2, -0.15) is 0 Å². The first kappa shape index (κ1) is 17.3. The fourth-order valence-electron chi connectivity index (χ4n) is 3.20. The highest BCUT2D eigenvalue weighted by Gasteiger charge is 2.32. The van der Waals surface area contributed by atoms with Gasteiger partial charge in [0.25, 0.3) is 5.56 Å². The largest absolute Gasteiger partial charge is 0.444 e. The monoisotopic (exact) mass is 345 g/mol. The van der Waals surface area contributed by atoms with E-state index in [1.807, 2.05) is 20.8 Å². The molecule has 0 N–H and O–H groups in total. The van der Waals surface area contributed by atoms with Crippen LogP contribution in [0.25, 0.3) is 10.9 Å². The summed E-state index contributed by atoms with van der Waals surface area (Å²) >= 11 is 0. The Balaban J connectivity index is 1.95. The van der Waals surface area contributed by atoms with Crippen LogP contribution in [-0.2, 0) is 11.8 Å². The molecule has 7 nitrogen and oxygen atoms in total. The minimum Gasteiger partial charge on any atom is -0.444 e. The predicted molar refractivity (Wildman–Crippen MR) is 94.9 cm³/mol. The second kappa shape index (κ2) is 6.06. The van der Waals surface area contributed by atoms with E-state index < -0.39 is 11.7 Å². The molecule has 0 aliphatic carbocycles. The molecule has 7 heteroatoms. The second-order valence-electron chi connectivity index (χ2n) is 7.40. The van der Waals surface area contributed by atoms with Crippen molar-refractivity contribution < 1.29 is 9.53 Å². The molecule has 0 radical (unpaired) electrons. The van der Waals surface area contributed by atoms with Crippen molar-refractivity contribution in [2.75, 3.05) is 13.1 Å². The molecular formula is C18H23N3O4. The van der Waals surface area contributed by atoms with E-state index in [-0.39, 0.29) is 17.3 Å². The molecule has 0 spiro atoms. The van der Waals surface area contributed by atoms with E-state index in [4.69, 9.17) is 4.74 Å². The zero-order chi connectivity index (χ0) is 18.4. The topological polar surface area (TPSA) is 73.5 Å². The van der Waals surface area contributed by atoms with Crippen LogP contribution in [0.1, 0.15) is 33.2 Å². The maximum Gasteiger partial charge on any atom is 0.410 e. The van der Waals surface area contributed by atoms with Gasteiger partial charge in [-0.05, 0) is 39.3 Å². The van der Waals surface area contributed by atoms with Crippen molar-refractivity contribution in [3.63, 3.8) is 0 Å². The van der Waals surface area contributed by atoms with Crippen LogP contribution in [0.5, 0.6) is 0 Å². The number of carbonyl (C=O) groups is 1. The quantitative estimate of drug-likeness (QED) is 0.791. The van der Waals surface area contributed by atoms with Crippen LogP contribution in [-0.4, -0.2) is 38.8 Å². The van der Waals surface area contributed by atoms with Gasteiger partial charge in [0, 0.05) is 20.1 Å². The number of likely N-dealkylation sites (tertiary alicyclic amines) is 1. The fourth-order valence-corrected chi connectivity index (χ4v) is 3.20. The molecule has 1 fully saturated rings. The number of benzene rings is 1. The van der Waals surface area contributed by atoms with Gasteiger partial charge in [-0.3, -0.25) is 13.9 Å². The van der Waals surface area contributed by atoms with E-state index in [0.29, 0.717) is 30.4 Å². The number of hydrogen-bond acceptors (Lipinski definition) is 4. The van der Waals surface area contributed by atoms with Crippen molar-refractivity contribution in [3.05, 3.63) is 45.1 Å². The van der Waals surface area contributed by atoms with E-state index >= 15 is 0 Å². The normalized spacial score (nSPS) is 17.9. The Morgan fingerprint density at radius 3 is 2.56 bits per heavy atom. The van der Waals surface area contributed by atoms with Crippen LogP contribution in [0.2, 0.25) is 0 Å². The van der Waals surface area contributed by atoms with Crippen LogP contribution < -0.4 is 11.2 Å². The third-order valence-corrected chi connectivity index (χ3v) is 4.39. The number of rotatable bonds is 1. The lowest BCUT2D eigenvalue weighted by Crippen LogP contribution is -2.43. The maximum absolute atomic E-state index is 12.8. The van der Waals surface area contributed by atoms with E-state index in [9.17, 15) is 14.4 Å². The maximum atomic E-state index is 12.8. The first-order valence-corrected chi connectivity index (χ1v) is 8.37. The van der Waals surface area contributed by atoms with Crippen LogP contribution >= 0.6 is 0 Å². The van der Waals surface area contributed by atoms with E-state index in [1.54, 1.807) is 36.2 Å². The summed E-state index contributed by atoms with van der Waals surface area (Å²) in [6.45, 7) is 6.18. The van der Waals surface area contributed by atoms with Crippen LogP contribution in [0.4, 0.5) is 4.79 Å². The highest BCUT2D eigenvalue weighted by atomic mass is 16.6. The summed E-state index contributed by atoms with van der Waals surface area (Å²) in [4.78, 5) is 39.3. The Bertz CT molecular complexity index is 936. The molecule has 1 aliphatic heterocycles. The first-order valence-electron chi connectivity index (χ1n) is 8.37. The molecule has 1 amide bonds. The highest BCUT2D eigenvalue weighted by Crippen LogP contribution is 2.22. The number of nitrogens with zero attached hydrogens (tertiary/aromatic N) is 3. The van der Waals surface area contributed by atoms with Gasteiger partial charge in [-0.15, -0.1) is 0 Å². The molecule has 134 valence electrons. The Labute approximate surface area is 145 Å². The standard InChI is InChI=1S/C18H23N3O4/c1-18(2,3)25-17(24)20-10-9-12(11-20)21-15(22)13-7-5-6-8-14(13)19(4)16(21)23/h5-8,12H,9-11H2,1-4H3/t12-/m1/s1. The minimum atomic E-state index is -0.578. The van der Waals surface area contributed by atoms with Crippen molar-refractivity contribution >= 4 is 17.0 Å². The van der Waals surface area contributed by atoms with Gasteiger partial charge >= 0.3 is 11.8 Å². The highest BCUT2D eigenvalue weighted by molar-refractivity contribution is 5.77. The molecule has 0 saturated carbocycles. The van der Waals surface area contributed by atoms with Gasteiger partial charge in [0.1, 0.15) is 5.60 Å². The summed E-state index contributed by atoms with van der Waals surface area (Å²) in [6.07, 6.45) is 0.132.